The van der Waals surface area contributed by atoms with Crippen LogP contribution in [0.1, 0.15) is 0 Å². The first-order chi connectivity index (χ1) is 8.00. The topological polar surface area (TPSA) is 29.3 Å². The van der Waals surface area contributed by atoms with Crippen molar-refractivity contribution in [3.63, 3.8) is 0 Å². The number of fused-ring (bicyclic) bond motifs is 1. The van der Waals surface area contributed by atoms with Gasteiger partial charge in [-0.2, -0.15) is 8.78 Å². The van der Waals surface area contributed by atoms with Crippen molar-refractivity contribution in [2.45, 2.75) is 12.3 Å². The van der Waals surface area contributed by atoms with Gasteiger partial charge in [0, 0.05) is 12.4 Å². The van der Waals surface area contributed by atoms with Crippen molar-refractivity contribution >= 4 is 11.5 Å². The zero-order chi connectivity index (χ0) is 12.5. The number of halogens is 4. The first-order valence-electron chi connectivity index (χ1n) is 4.82. The second-order valence-electron chi connectivity index (χ2n) is 3.48. The van der Waals surface area contributed by atoms with Crippen LogP contribution in [-0.2, 0) is 0 Å². The van der Waals surface area contributed by atoms with Gasteiger partial charge >= 0.3 is 12.3 Å². The number of nitrogens with one attached hydrogen (secondary N) is 1. The van der Waals surface area contributed by atoms with Crippen LogP contribution in [-0.4, -0.2) is 28.3 Å². The highest BCUT2D eigenvalue weighted by molar-refractivity contribution is 5.49. The predicted octanol–water partition coefficient (Wildman–Crippen LogP) is 2.65. The fourth-order valence-corrected chi connectivity index (χ4v) is 1.38. The highest BCUT2D eigenvalue weighted by Crippen LogP contribution is 2.23. The van der Waals surface area contributed by atoms with E-state index in [0.717, 1.165) is 0 Å². The molecule has 0 saturated heterocycles. The molecule has 2 rings (SSSR count). The van der Waals surface area contributed by atoms with Crippen molar-refractivity contribution in [2.75, 3.05) is 11.9 Å². The summed E-state index contributed by atoms with van der Waals surface area (Å²) in [6.45, 7) is -1.12. The molecular formula is C10H9F4N3. The van der Waals surface area contributed by atoms with Gasteiger partial charge in [-0.1, -0.05) is 6.07 Å². The number of hydrogen-bond acceptors (Lipinski definition) is 2. The zero-order valence-electron chi connectivity index (χ0n) is 8.58. The summed E-state index contributed by atoms with van der Waals surface area (Å²) < 4.78 is 50.9. The third-order valence-electron chi connectivity index (χ3n) is 2.25. The second-order valence-corrected chi connectivity index (χ2v) is 3.48. The van der Waals surface area contributed by atoms with E-state index in [9.17, 15) is 17.6 Å². The summed E-state index contributed by atoms with van der Waals surface area (Å²) in [6, 6.07) is 4.79. The standard InChI is InChI=1S/C10H9F4N3/c11-9(12)10(13,14)6-16-8-3-1-2-7-15-4-5-17(7)8/h1-5,9,16H,6H2. The van der Waals surface area contributed by atoms with E-state index in [1.54, 1.807) is 18.3 Å². The Morgan fingerprint density at radius 3 is 2.82 bits per heavy atom. The Balaban J connectivity index is 2.17. The minimum Gasteiger partial charge on any atom is -0.365 e. The molecule has 7 heteroatoms. The summed E-state index contributed by atoms with van der Waals surface area (Å²) in [5.41, 5.74) is 0.551. The predicted molar refractivity (Wildman–Crippen MR) is 54.6 cm³/mol. The van der Waals surface area contributed by atoms with E-state index in [2.05, 4.69) is 10.3 Å². The molecule has 1 N–H and O–H groups in total. The van der Waals surface area contributed by atoms with E-state index < -0.39 is 18.9 Å². The van der Waals surface area contributed by atoms with Crippen molar-refractivity contribution < 1.29 is 17.6 Å². The minimum atomic E-state index is -4.05. The fourth-order valence-electron chi connectivity index (χ4n) is 1.38. The van der Waals surface area contributed by atoms with Crippen LogP contribution in [0.25, 0.3) is 5.65 Å². The lowest BCUT2D eigenvalue weighted by atomic mass is 10.3. The molecule has 0 bridgehead atoms. The molecule has 0 atom stereocenters. The van der Waals surface area contributed by atoms with Gasteiger partial charge in [-0.3, -0.25) is 4.40 Å². The summed E-state index contributed by atoms with van der Waals surface area (Å²) in [4.78, 5) is 3.95. The van der Waals surface area contributed by atoms with Crippen LogP contribution in [0.4, 0.5) is 23.4 Å². The van der Waals surface area contributed by atoms with E-state index in [1.807, 2.05) is 0 Å². The Kier molecular flexibility index (Phi) is 2.91. The lowest BCUT2D eigenvalue weighted by molar-refractivity contribution is -0.117. The Labute approximate surface area is 94.1 Å². The van der Waals surface area contributed by atoms with Gasteiger partial charge in [-0.25, -0.2) is 13.8 Å². The molecule has 0 spiro atoms. The number of alkyl halides is 4. The maximum atomic E-state index is 12.7. The maximum Gasteiger partial charge on any atom is 0.324 e. The van der Waals surface area contributed by atoms with Gasteiger partial charge in [0.15, 0.2) is 0 Å². The molecular weight excluding hydrogens is 238 g/mol. The van der Waals surface area contributed by atoms with Crippen LogP contribution in [0.2, 0.25) is 0 Å². The first-order valence-corrected chi connectivity index (χ1v) is 4.82. The van der Waals surface area contributed by atoms with Gasteiger partial charge in [-0.05, 0) is 12.1 Å². The molecule has 3 nitrogen and oxygen atoms in total. The average Bonchev–Trinajstić information content (AvgIpc) is 2.74. The summed E-state index contributed by atoms with van der Waals surface area (Å²) >= 11 is 0. The Bertz CT molecular complexity index is 509. The zero-order valence-corrected chi connectivity index (χ0v) is 8.58. The summed E-state index contributed by atoms with van der Waals surface area (Å²) in [5, 5.41) is 2.29. The quantitative estimate of drug-likeness (QED) is 0.841. The van der Waals surface area contributed by atoms with Crippen molar-refractivity contribution in [2.24, 2.45) is 0 Å². The lowest BCUT2D eigenvalue weighted by Crippen LogP contribution is -2.35. The number of anilines is 1. The number of imidazole rings is 1. The van der Waals surface area contributed by atoms with Gasteiger partial charge in [-0.15, -0.1) is 0 Å². The summed E-state index contributed by atoms with van der Waals surface area (Å²) in [6.07, 6.45) is -0.638. The monoisotopic (exact) mass is 247 g/mol. The van der Waals surface area contributed by atoms with Gasteiger partial charge in [0.05, 0.1) is 6.54 Å². The average molecular weight is 247 g/mol. The number of rotatable bonds is 4. The molecule has 0 fully saturated rings. The van der Waals surface area contributed by atoms with Crippen molar-refractivity contribution in [1.29, 1.82) is 0 Å². The molecule has 0 radical (unpaired) electrons. The molecule has 0 aliphatic carbocycles. The van der Waals surface area contributed by atoms with Gasteiger partial charge in [0.2, 0.25) is 0 Å². The molecule has 17 heavy (non-hydrogen) atoms. The normalized spacial score (nSPS) is 12.3. The van der Waals surface area contributed by atoms with Gasteiger partial charge in [0.25, 0.3) is 0 Å². The van der Waals surface area contributed by atoms with Crippen LogP contribution in [0, 0.1) is 0 Å². The van der Waals surface area contributed by atoms with Crippen LogP contribution in [0.15, 0.2) is 30.6 Å². The number of pyridine rings is 1. The number of hydrogen-bond donors (Lipinski definition) is 1. The van der Waals surface area contributed by atoms with E-state index in [1.165, 1.54) is 16.7 Å². The van der Waals surface area contributed by atoms with E-state index in [-0.39, 0.29) is 0 Å². The highest BCUT2D eigenvalue weighted by Gasteiger charge is 2.40. The Morgan fingerprint density at radius 1 is 1.35 bits per heavy atom. The SMILES string of the molecule is FC(F)C(F)(F)CNc1cccc2nccn12. The third kappa shape index (κ3) is 2.32. The molecule has 92 valence electrons. The Morgan fingerprint density at radius 2 is 2.12 bits per heavy atom. The molecule has 2 aromatic heterocycles. The molecule has 0 saturated carbocycles. The first kappa shape index (κ1) is 11.7. The van der Waals surface area contributed by atoms with Crippen LogP contribution in [0.3, 0.4) is 0 Å². The van der Waals surface area contributed by atoms with Crippen molar-refractivity contribution in [3.8, 4) is 0 Å². The van der Waals surface area contributed by atoms with E-state index in [4.69, 9.17) is 0 Å². The van der Waals surface area contributed by atoms with Crippen LogP contribution >= 0.6 is 0 Å². The number of aromatic nitrogens is 2. The minimum absolute atomic E-state index is 0.292. The molecule has 0 aliphatic heterocycles. The second kappa shape index (κ2) is 4.23. The summed E-state index contributed by atoms with van der Waals surface area (Å²) in [7, 11) is 0. The third-order valence-corrected chi connectivity index (χ3v) is 2.25. The molecule has 2 aromatic rings. The van der Waals surface area contributed by atoms with Crippen LogP contribution < -0.4 is 5.32 Å². The van der Waals surface area contributed by atoms with Crippen molar-refractivity contribution in [3.05, 3.63) is 30.6 Å². The van der Waals surface area contributed by atoms with Crippen molar-refractivity contribution in [1.82, 2.24) is 9.38 Å². The van der Waals surface area contributed by atoms with E-state index in [0.29, 0.717) is 11.5 Å². The highest BCUT2D eigenvalue weighted by atomic mass is 19.3. The lowest BCUT2D eigenvalue weighted by Gasteiger charge is -2.17. The molecule has 2 heterocycles. The largest absolute Gasteiger partial charge is 0.365 e. The molecule has 0 amide bonds. The molecule has 0 aromatic carbocycles. The number of nitrogens with zero attached hydrogens (tertiary/aromatic N) is 2. The molecule has 0 aliphatic rings. The smallest absolute Gasteiger partial charge is 0.324 e. The van der Waals surface area contributed by atoms with E-state index >= 15 is 0 Å². The fraction of sp³-hybridized carbons (Fsp3) is 0.300. The Hall–Kier alpha value is -1.79. The van der Waals surface area contributed by atoms with Gasteiger partial charge < -0.3 is 5.32 Å². The molecule has 0 unspecified atom stereocenters. The van der Waals surface area contributed by atoms with Crippen LogP contribution in [0.5, 0.6) is 0 Å². The van der Waals surface area contributed by atoms with Gasteiger partial charge in [0.1, 0.15) is 11.5 Å². The summed E-state index contributed by atoms with van der Waals surface area (Å²) in [5.74, 6) is -3.76. The maximum absolute atomic E-state index is 12.7.